The van der Waals surface area contributed by atoms with Crippen molar-refractivity contribution in [2.75, 3.05) is 38.7 Å². The van der Waals surface area contributed by atoms with Crippen LogP contribution in [0.1, 0.15) is 18.5 Å². The summed E-state index contributed by atoms with van der Waals surface area (Å²) in [6.45, 7) is 2.00. The fraction of sp³-hybridized carbons (Fsp3) is 0.786. The number of hydrogen-bond acceptors (Lipinski definition) is 9. The van der Waals surface area contributed by atoms with E-state index in [1.807, 2.05) is 0 Å². The van der Waals surface area contributed by atoms with Gasteiger partial charge < -0.3 is 15.2 Å². The van der Waals surface area contributed by atoms with E-state index in [4.69, 9.17) is 21.1 Å². The lowest BCUT2D eigenvalue weighted by atomic mass is 10.2. The average Bonchev–Trinajstić information content (AvgIpc) is 2.98. The van der Waals surface area contributed by atoms with Crippen LogP contribution in [0.2, 0.25) is 0 Å². The molecule has 4 N–H and O–H groups in total. The van der Waals surface area contributed by atoms with Gasteiger partial charge in [-0.05, 0) is 12.8 Å². The highest BCUT2D eigenvalue weighted by Crippen LogP contribution is 2.15. The fourth-order valence-electron chi connectivity index (χ4n) is 2.34. The summed E-state index contributed by atoms with van der Waals surface area (Å²) >= 11 is 0. The number of ether oxygens (including phenoxy) is 2. The molecular formula is C14H26N6O6S. The number of sulfonamides is 1. The molecule has 2 heterocycles. The van der Waals surface area contributed by atoms with Crippen molar-refractivity contribution >= 4 is 15.9 Å². The van der Waals surface area contributed by atoms with E-state index in [0.717, 1.165) is 12.8 Å². The Hall–Kier alpha value is -1.64. The van der Waals surface area contributed by atoms with Crippen LogP contribution in [0.3, 0.4) is 0 Å². The van der Waals surface area contributed by atoms with Gasteiger partial charge in [-0.25, -0.2) is 19.0 Å². The molecule has 1 amide bonds. The average molecular weight is 406 g/mol. The summed E-state index contributed by atoms with van der Waals surface area (Å²) in [5, 5.41) is 7.62. The van der Waals surface area contributed by atoms with Crippen molar-refractivity contribution in [2.45, 2.75) is 32.1 Å². The van der Waals surface area contributed by atoms with E-state index in [1.54, 1.807) is 6.20 Å². The molecular weight excluding hydrogens is 380 g/mol. The number of amides is 1. The molecule has 0 radical (unpaired) electrons. The van der Waals surface area contributed by atoms with Gasteiger partial charge in [0.2, 0.25) is 15.9 Å². The van der Waals surface area contributed by atoms with Crippen molar-refractivity contribution in [1.29, 1.82) is 0 Å². The van der Waals surface area contributed by atoms with Gasteiger partial charge in [0.05, 0.1) is 25.2 Å². The minimum atomic E-state index is -3.30. The number of carbonyl (C=O) groups excluding carboxylic acids is 1. The number of rotatable bonds is 14. The van der Waals surface area contributed by atoms with Crippen molar-refractivity contribution in [2.24, 2.45) is 11.6 Å². The molecule has 27 heavy (non-hydrogen) atoms. The first-order valence-corrected chi connectivity index (χ1v) is 10.2. The SMILES string of the molecule is NOC1CN(S(=O)(=O)CCOCCCCOCc2cn(CC(N)=O)nn2)C1. The molecule has 0 spiro atoms. The second-order valence-corrected chi connectivity index (χ2v) is 8.23. The monoisotopic (exact) mass is 406 g/mol. The Bertz CT molecular complexity index is 690. The van der Waals surface area contributed by atoms with Crippen LogP contribution in [0.5, 0.6) is 0 Å². The van der Waals surface area contributed by atoms with Crippen LogP contribution in [0.25, 0.3) is 0 Å². The predicted octanol–water partition coefficient (Wildman–Crippen LogP) is -2.02. The van der Waals surface area contributed by atoms with Crippen LogP contribution in [0, 0.1) is 0 Å². The highest BCUT2D eigenvalue weighted by molar-refractivity contribution is 7.89. The molecule has 1 aromatic heterocycles. The Balaban J connectivity index is 1.45. The predicted molar refractivity (Wildman–Crippen MR) is 93.3 cm³/mol. The van der Waals surface area contributed by atoms with E-state index in [1.165, 1.54) is 8.99 Å². The molecule has 1 aliphatic heterocycles. The van der Waals surface area contributed by atoms with Crippen LogP contribution in [-0.2, 0) is 42.3 Å². The first-order valence-electron chi connectivity index (χ1n) is 8.57. The molecule has 0 aromatic carbocycles. The molecule has 0 unspecified atom stereocenters. The summed E-state index contributed by atoms with van der Waals surface area (Å²) in [7, 11) is -3.30. The molecule has 0 aliphatic carbocycles. The van der Waals surface area contributed by atoms with Gasteiger partial charge in [0.25, 0.3) is 0 Å². The van der Waals surface area contributed by atoms with Gasteiger partial charge in [-0.3, -0.25) is 9.63 Å². The zero-order chi connectivity index (χ0) is 19.7. The first kappa shape index (κ1) is 21.7. The van der Waals surface area contributed by atoms with Crippen molar-refractivity contribution in [3.8, 4) is 0 Å². The Morgan fingerprint density at radius 3 is 2.59 bits per heavy atom. The highest BCUT2D eigenvalue weighted by Gasteiger charge is 2.35. The minimum Gasteiger partial charge on any atom is -0.380 e. The van der Waals surface area contributed by atoms with Gasteiger partial charge in [-0.15, -0.1) is 5.10 Å². The summed E-state index contributed by atoms with van der Waals surface area (Å²) in [4.78, 5) is 15.3. The van der Waals surface area contributed by atoms with E-state index < -0.39 is 15.9 Å². The third-order valence-corrected chi connectivity index (χ3v) is 5.63. The zero-order valence-electron chi connectivity index (χ0n) is 15.0. The number of hydrogen-bond donors (Lipinski definition) is 2. The van der Waals surface area contributed by atoms with Crippen LogP contribution in [0.15, 0.2) is 6.20 Å². The lowest BCUT2D eigenvalue weighted by molar-refractivity contribution is -0.118. The molecule has 13 heteroatoms. The summed E-state index contributed by atoms with van der Waals surface area (Å²) in [5.41, 5.74) is 5.68. The van der Waals surface area contributed by atoms with Crippen molar-refractivity contribution in [3.63, 3.8) is 0 Å². The summed E-state index contributed by atoms with van der Waals surface area (Å²) in [6, 6.07) is 0. The van der Waals surface area contributed by atoms with Gasteiger partial charge in [-0.2, -0.15) is 4.31 Å². The second kappa shape index (κ2) is 10.6. The zero-order valence-corrected chi connectivity index (χ0v) is 15.8. The molecule has 0 bridgehead atoms. The van der Waals surface area contributed by atoms with Gasteiger partial charge in [0, 0.05) is 26.3 Å². The third-order valence-electron chi connectivity index (χ3n) is 3.87. The maximum absolute atomic E-state index is 11.9. The van der Waals surface area contributed by atoms with E-state index in [-0.39, 0.29) is 25.0 Å². The molecule has 2 rings (SSSR count). The number of aromatic nitrogens is 3. The number of nitrogens with zero attached hydrogens (tertiary/aromatic N) is 4. The molecule has 154 valence electrons. The third kappa shape index (κ3) is 7.48. The molecule has 0 saturated carbocycles. The number of primary amides is 1. The van der Waals surface area contributed by atoms with E-state index in [9.17, 15) is 13.2 Å². The topological polar surface area (TPSA) is 165 Å². The van der Waals surface area contributed by atoms with Crippen molar-refractivity contribution < 1.29 is 27.5 Å². The van der Waals surface area contributed by atoms with Crippen molar-refractivity contribution in [1.82, 2.24) is 19.3 Å². The lowest BCUT2D eigenvalue weighted by Gasteiger charge is -2.36. The molecule has 1 aromatic rings. The fourth-order valence-corrected chi connectivity index (χ4v) is 3.71. The lowest BCUT2D eigenvalue weighted by Crippen LogP contribution is -2.56. The highest BCUT2D eigenvalue weighted by atomic mass is 32.2. The van der Waals surface area contributed by atoms with Gasteiger partial charge >= 0.3 is 0 Å². The maximum atomic E-state index is 11.9. The van der Waals surface area contributed by atoms with Gasteiger partial charge in [0.15, 0.2) is 0 Å². The van der Waals surface area contributed by atoms with E-state index in [0.29, 0.717) is 38.6 Å². The van der Waals surface area contributed by atoms with E-state index in [2.05, 4.69) is 15.1 Å². The van der Waals surface area contributed by atoms with Gasteiger partial charge in [0.1, 0.15) is 18.3 Å². The van der Waals surface area contributed by atoms with Crippen molar-refractivity contribution in [3.05, 3.63) is 11.9 Å². The Morgan fingerprint density at radius 2 is 1.93 bits per heavy atom. The molecule has 12 nitrogen and oxygen atoms in total. The Morgan fingerprint density at radius 1 is 1.22 bits per heavy atom. The summed E-state index contributed by atoms with van der Waals surface area (Å²) < 4.78 is 37.4. The second-order valence-electron chi connectivity index (χ2n) is 6.14. The van der Waals surface area contributed by atoms with E-state index >= 15 is 0 Å². The molecule has 0 atom stereocenters. The van der Waals surface area contributed by atoms with Crippen LogP contribution < -0.4 is 11.6 Å². The first-order chi connectivity index (χ1) is 12.9. The maximum Gasteiger partial charge on any atom is 0.239 e. The largest absolute Gasteiger partial charge is 0.380 e. The van der Waals surface area contributed by atoms with Crippen LogP contribution in [-0.4, -0.2) is 78.4 Å². The van der Waals surface area contributed by atoms with Crippen LogP contribution in [0.4, 0.5) is 0 Å². The quantitative estimate of drug-likeness (QED) is 0.262. The molecule has 1 aliphatic rings. The number of unbranched alkanes of at least 4 members (excludes halogenated alkanes) is 1. The minimum absolute atomic E-state index is 0.0147. The van der Waals surface area contributed by atoms with Gasteiger partial charge in [-0.1, -0.05) is 5.21 Å². The number of carbonyl (C=O) groups is 1. The number of nitrogens with two attached hydrogens (primary N) is 2. The Labute approximate surface area is 157 Å². The molecule has 1 saturated heterocycles. The summed E-state index contributed by atoms with van der Waals surface area (Å²) in [5.74, 6) is 4.46. The summed E-state index contributed by atoms with van der Waals surface area (Å²) in [6.07, 6.45) is 2.91. The smallest absolute Gasteiger partial charge is 0.239 e. The van der Waals surface area contributed by atoms with Crippen LogP contribution >= 0.6 is 0 Å². The molecule has 1 fully saturated rings. The Kier molecular flexibility index (Phi) is 8.53. The standard InChI is InChI=1S/C14H26N6O6S/c15-14(21)10-19-7-12(17-18-19)11-25-4-2-1-3-24-5-6-27(22,23)20-8-13(9-20)26-16/h7,13H,1-6,8-11,16H2,(H2,15,21). The normalized spacial score (nSPS) is 15.7.